The molecule has 0 saturated carbocycles. The number of aryl methyl sites for hydroxylation is 2. The van der Waals surface area contributed by atoms with Crippen LogP contribution in [0.4, 0.5) is 0 Å². The average Bonchev–Trinajstić information content (AvgIpc) is 2.75. The number of benzene rings is 1. The summed E-state index contributed by atoms with van der Waals surface area (Å²) in [5.41, 5.74) is 4.69. The van der Waals surface area contributed by atoms with Crippen LogP contribution in [0.3, 0.4) is 0 Å². The zero-order chi connectivity index (χ0) is 14.7. The van der Waals surface area contributed by atoms with Crippen LogP contribution < -0.4 is 0 Å². The van der Waals surface area contributed by atoms with Gasteiger partial charge in [0.05, 0.1) is 24.2 Å². The molecule has 4 heteroatoms. The van der Waals surface area contributed by atoms with Gasteiger partial charge in [0.2, 0.25) is 0 Å². The Morgan fingerprint density at radius 1 is 1.15 bits per heavy atom. The van der Waals surface area contributed by atoms with E-state index in [4.69, 9.17) is 4.98 Å². The molecular formula is C16H25N3O. The molecule has 0 radical (unpaired) electrons. The minimum Gasteiger partial charge on any atom is -0.395 e. The molecule has 0 aliphatic carbocycles. The summed E-state index contributed by atoms with van der Waals surface area (Å²) in [6.45, 7) is 12.2. The van der Waals surface area contributed by atoms with Gasteiger partial charge in [-0.25, -0.2) is 4.98 Å². The third kappa shape index (κ3) is 2.86. The lowest BCUT2D eigenvalue weighted by Crippen LogP contribution is -2.24. The highest BCUT2D eigenvalue weighted by molar-refractivity contribution is 5.78. The first-order valence-corrected chi connectivity index (χ1v) is 7.40. The van der Waals surface area contributed by atoms with Crippen molar-refractivity contribution >= 4 is 11.0 Å². The Balaban J connectivity index is 2.49. The van der Waals surface area contributed by atoms with E-state index in [9.17, 15) is 5.11 Å². The Morgan fingerprint density at radius 2 is 1.80 bits per heavy atom. The zero-order valence-corrected chi connectivity index (χ0v) is 13.0. The number of fused-ring (bicyclic) bond motifs is 1. The molecule has 2 rings (SSSR count). The maximum absolute atomic E-state index is 9.33. The molecule has 0 unspecified atom stereocenters. The van der Waals surface area contributed by atoms with E-state index in [2.05, 4.69) is 49.3 Å². The number of nitrogens with zero attached hydrogens (tertiary/aromatic N) is 3. The fourth-order valence-corrected chi connectivity index (χ4v) is 2.55. The lowest BCUT2D eigenvalue weighted by molar-refractivity contribution is 0.260. The molecule has 1 aromatic heterocycles. The quantitative estimate of drug-likeness (QED) is 0.880. The van der Waals surface area contributed by atoms with Crippen molar-refractivity contribution < 1.29 is 5.11 Å². The van der Waals surface area contributed by atoms with Gasteiger partial charge in [-0.2, -0.15) is 0 Å². The summed E-state index contributed by atoms with van der Waals surface area (Å²) in [4.78, 5) is 7.12. The minimum absolute atomic E-state index is 0.142. The summed E-state index contributed by atoms with van der Waals surface area (Å²) in [5.74, 6) is 1.04. The van der Waals surface area contributed by atoms with E-state index in [1.807, 2.05) is 0 Å². The summed E-state index contributed by atoms with van der Waals surface area (Å²) in [6, 6.07) is 4.32. The molecule has 0 amide bonds. The van der Waals surface area contributed by atoms with Gasteiger partial charge in [-0.05, 0) is 50.2 Å². The largest absolute Gasteiger partial charge is 0.395 e. The zero-order valence-electron chi connectivity index (χ0n) is 13.0. The Bertz CT molecular complexity index is 585. The fraction of sp³-hybridized carbons (Fsp3) is 0.562. The van der Waals surface area contributed by atoms with Gasteiger partial charge >= 0.3 is 0 Å². The van der Waals surface area contributed by atoms with Crippen LogP contribution in [-0.4, -0.2) is 39.3 Å². The van der Waals surface area contributed by atoms with Crippen LogP contribution in [-0.2, 0) is 13.1 Å². The van der Waals surface area contributed by atoms with E-state index in [1.165, 1.54) is 11.1 Å². The molecule has 1 N–H and O–H groups in total. The molecule has 4 nitrogen and oxygen atoms in total. The summed E-state index contributed by atoms with van der Waals surface area (Å²) < 4.78 is 2.15. The third-order valence-electron chi connectivity index (χ3n) is 4.03. The van der Waals surface area contributed by atoms with Gasteiger partial charge in [0.25, 0.3) is 0 Å². The molecule has 0 fully saturated rings. The van der Waals surface area contributed by atoms with Crippen LogP contribution in [0.2, 0.25) is 0 Å². The Morgan fingerprint density at radius 3 is 2.40 bits per heavy atom. The van der Waals surface area contributed by atoms with Crippen molar-refractivity contribution in [3.8, 4) is 0 Å². The van der Waals surface area contributed by atoms with Crippen LogP contribution in [0.1, 0.15) is 30.8 Å². The monoisotopic (exact) mass is 275 g/mol. The van der Waals surface area contributed by atoms with Gasteiger partial charge in [-0.15, -0.1) is 0 Å². The van der Waals surface area contributed by atoms with E-state index in [-0.39, 0.29) is 6.61 Å². The normalized spacial score (nSPS) is 11.7. The van der Waals surface area contributed by atoms with Crippen molar-refractivity contribution in [1.82, 2.24) is 14.5 Å². The predicted octanol–water partition coefficient (Wildman–Crippen LogP) is 2.49. The molecule has 0 bridgehead atoms. The van der Waals surface area contributed by atoms with E-state index in [0.717, 1.165) is 36.5 Å². The molecule has 1 heterocycles. The maximum atomic E-state index is 9.33. The highest BCUT2D eigenvalue weighted by Crippen LogP contribution is 2.21. The molecule has 0 saturated heterocycles. The van der Waals surface area contributed by atoms with Gasteiger partial charge in [-0.1, -0.05) is 13.8 Å². The fourth-order valence-electron chi connectivity index (χ4n) is 2.55. The summed E-state index contributed by atoms with van der Waals surface area (Å²) in [7, 11) is 0. The van der Waals surface area contributed by atoms with Crippen molar-refractivity contribution in [3.05, 3.63) is 29.1 Å². The number of hydrogen-bond donors (Lipinski definition) is 1. The lowest BCUT2D eigenvalue weighted by atomic mass is 10.1. The molecule has 0 aliphatic heterocycles. The van der Waals surface area contributed by atoms with Gasteiger partial charge in [0, 0.05) is 6.54 Å². The summed E-state index contributed by atoms with van der Waals surface area (Å²) in [5, 5.41) is 9.33. The molecule has 0 atom stereocenters. The number of aromatic nitrogens is 2. The van der Waals surface area contributed by atoms with Gasteiger partial charge < -0.3 is 9.67 Å². The molecule has 2 aromatic rings. The van der Waals surface area contributed by atoms with Crippen molar-refractivity contribution in [3.63, 3.8) is 0 Å². The van der Waals surface area contributed by atoms with Crippen molar-refractivity contribution in [2.24, 2.45) is 0 Å². The van der Waals surface area contributed by atoms with Gasteiger partial charge in [-0.3, -0.25) is 4.90 Å². The van der Waals surface area contributed by atoms with E-state index < -0.39 is 0 Å². The number of aliphatic hydroxyl groups is 1. The number of imidazole rings is 1. The minimum atomic E-state index is 0.142. The second-order valence-corrected chi connectivity index (χ2v) is 5.29. The topological polar surface area (TPSA) is 41.3 Å². The smallest absolute Gasteiger partial charge is 0.124 e. The number of aliphatic hydroxyl groups excluding tert-OH is 1. The lowest BCUT2D eigenvalue weighted by Gasteiger charge is -2.18. The van der Waals surface area contributed by atoms with Crippen molar-refractivity contribution in [1.29, 1.82) is 0 Å². The first kappa shape index (κ1) is 15.0. The predicted molar refractivity (Wildman–Crippen MR) is 82.9 cm³/mol. The van der Waals surface area contributed by atoms with E-state index >= 15 is 0 Å². The third-order valence-corrected chi connectivity index (χ3v) is 4.03. The highest BCUT2D eigenvalue weighted by atomic mass is 16.3. The second kappa shape index (κ2) is 6.37. The SMILES string of the molecule is CCN(CC)Cc1nc2cc(C)c(C)cc2n1CCO. The average molecular weight is 275 g/mol. The van der Waals surface area contributed by atoms with Gasteiger partial charge in [0.1, 0.15) is 5.82 Å². The van der Waals surface area contributed by atoms with Gasteiger partial charge in [0.15, 0.2) is 0 Å². The number of hydrogen-bond acceptors (Lipinski definition) is 3. The Labute approximate surface area is 121 Å². The van der Waals surface area contributed by atoms with E-state index in [0.29, 0.717) is 6.54 Å². The van der Waals surface area contributed by atoms with Crippen LogP contribution in [0, 0.1) is 13.8 Å². The highest BCUT2D eigenvalue weighted by Gasteiger charge is 2.13. The second-order valence-electron chi connectivity index (χ2n) is 5.29. The first-order chi connectivity index (χ1) is 9.60. The van der Waals surface area contributed by atoms with Crippen molar-refractivity contribution in [2.75, 3.05) is 19.7 Å². The molecule has 0 spiro atoms. The molecule has 110 valence electrons. The number of rotatable bonds is 6. The summed E-state index contributed by atoms with van der Waals surface area (Å²) in [6.07, 6.45) is 0. The Kier molecular flexibility index (Phi) is 4.78. The first-order valence-electron chi connectivity index (χ1n) is 7.40. The van der Waals surface area contributed by atoms with Crippen LogP contribution >= 0.6 is 0 Å². The molecule has 20 heavy (non-hydrogen) atoms. The summed E-state index contributed by atoms with van der Waals surface area (Å²) >= 11 is 0. The molecule has 1 aromatic carbocycles. The molecule has 0 aliphatic rings. The maximum Gasteiger partial charge on any atom is 0.124 e. The standard InChI is InChI=1S/C16H25N3O/c1-5-18(6-2)11-16-17-14-9-12(3)13(4)10-15(14)19(16)7-8-20/h9-10,20H,5-8,11H2,1-4H3. The Hall–Kier alpha value is -1.39. The van der Waals surface area contributed by atoms with Crippen LogP contribution in [0.25, 0.3) is 11.0 Å². The molecular weight excluding hydrogens is 250 g/mol. The van der Waals surface area contributed by atoms with Crippen molar-refractivity contribution in [2.45, 2.75) is 40.8 Å². The van der Waals surface area contributed by atoms with Crippen LogP contribution in [0.5, 0.6) is 0 Å². The van der Waals surface area contributed by atoms with E-state index in [1.54, 1.807) is 0 Å². The van der Waals surface area contributed by atoms with Crippen LogP contribution in [0.15, 0.2) is 12.1 Å².